The van der Waals surface area contributed by atoms with E-state index in [-0.39, 0.29) is 5.91 Å². The van der Waals surface area contributed by atoms with Crippen LogP contribution in [-0.2, 0) is 11.3 Å². The van der Waals surface area contributed by atoms with Gasteiger partial charge in [-0.2, -0.15) is 0 Å². The van der Waals surface area contributed by atoms with Gasteiger partial charge in [-0.3, -0.25) is 4.79 Å². The molecule has 0 unspecified atom stereocenters. The standard InChI is InChI=1S/C22H36N4O2/c1-5-23-21(25-17-22(14-15-28-4)12-6-7-13-22)24-16-18-8-10-19(11-9-18)20(27)26(2)3/h8-11H,5-7,12-17H2,1-4H3,(H2,23,24,25). The predicted octanol–water partition coefficient (Wildman–Crippen LogP) is 3.04. The molecule has 2 N–H and O–H groups in total. The molecule has 0 spiro atoms. The molecule has 1 fully saturated rings. The fourth-order valence-electron chi connectivity index (χ4n) is 3.75. The summed E-state index contributed by atoms with van der Waals surface area (Å²) in [6.45, 7) is 5.23. The van der Waals surface area contributed by atoms with Gasteiger partial charge < -0.3 is 20.3 Å². The highest BCUT2D eigenvalue weighted by Gasteiger charge is 2.33. The van der Waals surface area contributed by atoms with E-state index < -0.39 is 0 Å². The molecule has 0 radical (unpaired) electrons. The van der Waals surface area contributed by atoms with Gasteiger partial charge in [0.25, 0.3) is 5.91 Å². The molecule has 0 aromatic heterocycles. The Labute approximate surface area is 169 Å². The minimum atomic E-state index is 0.0166. The second kappa shape index (κ2) is 11.1. The number of rotatable bonds is 9. The van der Waals surface area contributed by atoms with Crippen LogP contribution in [0.4, 0.5) is 0 Å². The molecule has 1 aromatic carbocycles. The Bertz CT molecular complexity index is 634. The molecule has 0 atom stereocenters. The molecule has 0 aliphatic heterocycles. The Balaban J connectivity index is 1.97. The van der Waals surface area contributed by atoms with Crippen LogP contribution in [0.1, 0.15) is 54.9 Å². The van der Waals surface area contributed by atoms with E-state index in [9.17, 15) is 4.79 Å². The molecule has 1 saturated carbocycles. The van der Waals surface area contributed by atoms with E-state index in [1.54, 1.807) is 26.1 Å². The van der Waals surface area contributed by atoms with Crippen molar-refractivity contribution >= 4 is 11.9 Å². The molecule has 156 valence electrons. The first-order valence-corrected chi connectivity index (χ1v) is 10.3. The number of nitrogens with zero attached hydrogens (tertiary/aromatic N) is 2. The summed E-state index contributed by atoms with van der Waals surface area (Å²) >= 11 is 0. The normalized spacial score (nSPS) is 16.1. The third kappa shape index (κ3) is 6.51. The molecule has 1 aromatic rings. The molecule has 0 saturated heterocycles. The van der Waals surface area contributed by atoms with Crippen LogP contribution >= 0.6 is 0 Å². The molecule has 0 heterocycles. The highest BCUT2D eigenvalue weighted by Crippen LogP contribution is 2.40. The number of hydrogen-bond donors (Lipinski definition) is 2. The van der Waals surface area contributed by atoms with Crippen molar-refractivity contribution < 1.29 is 9.53 Å². The highest BCUT2D eigenvalue weighted by molar-refractivity contribution is 5.93. The van der Waals surface area contributed by atoms with Crippen LogP contribution in [0.3, 0.4) is 0 Å². The second-order valence-electron chi connectivity index (χ2n) is 7.90. The van der Waals surface area contributed by atoms with Gasteiger partial charge in [0.1, 0.15) is 0 Å². The lowest BCUT2D eigenvalue weighted by atomic mass is 9.83. The van der Waals surface area contributed by atoms with Gasteiger partial charge in [0.15, 0.2) is 5.96 Å². The number of aliphatic imine (C=N–C) groups is 1. The van der Waals surface area contributed by atoms with Gasteiger partial charge in [-0.1, -0.05) is 25.0 Å². The van der Waals surface area contributed by atoms with Crippen molar-refractivity contribution in [2.45, 2.75) is 45.6 Å². The highest BCUT2D eigenvalue weighted by atomic mass is 16.5. The van der Waals surface area contributed by atoms with Crippen LogP contribution in [0.25, 0.3) is 0 Å². The van der Waals surface area contributed by atoms with Gasteiger partial charge in [-0.25, -0.2) is 4.99 Å². The lowest BCUT2D eigenvalue weighted by Gasteiger charge is -2.30. The summed E-state index contributed by atoms with van der Waals surface area (Å²) in [5.41, 5.74) is 2.10. The largest absolute Gasteiger partial charge is 0.385 e. The molecule has 6 heteroatoms. The lowest BCUT2D eigenvalue weighted by Crippen LogP contribution is -2.43. The fourth-order valence-corrected chi connectivity index (χ4v) is 3.75. The van der Waals surface area contributed by atoms with E-state index in [0.717, 1.165) is 37.6 Å². The van der Waals surface area contributed by atoms with Crippen LogP contribution in [0.15, 0.2) is 29.3 Å². The number of amides is 1. The molecule has 6 nitrogen and oxygen atoms in total. The number of nitrogens with one attached hydrogen (secondary N) is 2. The van der Waals surface area contributed by atoms with Gasteiger partial charge in [-0.05, 0) is 49.3 Å². The average molecular weight is 389 g/mol. The molecule has 1 aliphatic rings. The van der Waals surface area contributed by atoms with Gasteiger partial charge >= 0.3 is 0 Å². The fraction of sp³-hybridized carbons (Fsp3) is 0.636. The third-order valence-corrected chi connectivity index (χ3v) is 5.50. The number of carbonyl (C=O) groups excluding carboxylic acids is 1. The van der Waals surface area contributed by atoms with E-state index >= 15 is 0 Å². The number of benzene rings is 1. The van der Waals surface area contributed by atoms with Crippen molar-refractivity contribution in [3.05, 3.63) is 35.4 Å². The maximum Gasteiger partial charge on any atom is 0.253 e. The molecule has 1 amide bonds. The van der Waals surface area contributed by atoms with Gasteiger partial charge in [0.2, 0.25) is 0 Å². The van der Waals surface area contributed by atoms with Crippen LogP contribution < -0.4 is 10.6 Å². The Morgan fingerprint density at radius 3 is 2.43 bits per heavy atom. The maximum atomic E-state index is 12.0. The van der Waals surface area contributed by atoms with E-state index in [4.69, 9.17) is 9.73 Å². The first-order valence-electron chi connectivity index (χ1n) is 10.3. The number of methoxy groups -OCH3 is 1. The van der Waals surface area contributed by atoms with Crippen molar-refractivity contribution in [3.8, 4) is 0 Å². The SMILES string of the molecule is CCNC(=NCc1ccc(C(=O)N(C)C)cc1)NCC1(CCOC)CCCC1. The minimum absolute atomic E-state index is 0.0166. The zero-order valence-corrected chi connectivity index (χ0v) is 17.9. The molecular formula is C22H36N4O2. The maximum absolute atomic E-state index is 12.0. The monoisotopic (exact) mass is 388 g/mol. The summed E-state index contributed by atoms with van der Waals surface area (Å²) in [5, 5.41) is 6.89. The number of ether oxygens (including phenoxy) is 1. The zero-order valence-electron chi connectivity index (χ0n) is 17.9. The lowest BCUT2D eigenvalue weighted by molar-refractivity contribution is 0.0827. The van der Waals surface area contributed by atoms with Crippen molar-refractivity contribution in [2.24, 2.45) is 10.4 Å². The van der Waals surface area contributed by atoms with Crippen LogP contribution in [0.2, 0.25) is 0 Å². The van der Waals surface area contributed by atoms with E-state index in [1.165, 1.54) is 25.7 Å². The van der Waals surface area contributed by atoms with Gasteiger partial charge in [0.05, 0.1) is 6.54 Å². The molecule has 2 rings (SSSR count). The number of hydrogen-bond acceptors (Lipinski definition) is 3. The van der Waals surface area contributed by atoms with Crippen molar-refractivity contribution in [3.63, 3.8) is 0 Å². The number of guanidine groups is 1. The van der Waals surface area contributed by atoms with Crippen molar-refractivity contribution in [1.82, 2.24) is 15.5 Å². The van der Waals surface area contributed by atoms with Crippen molar-refractivity contribution in [1.29, 1.82) is 0 Å². The van der Waals surface area contributed by atoms with E-state index in [1.807, 2.05) is 24.3 Å². The van der Waals surface area contributed by atoms with E-state index in [0.29, 0.717) is 17.5 Å². The summed E-state index contributed by atoms with van der Waals surface area (Å²) in [5.74, 6) is 0.864. The van der Waals surface area contributed by atoms with Crippen LogP contribution in [0.5, 0.6) is 0 Å². The molecule has 0 bridgehead atoms. The summed E-state index contributed by atoms with van der Waals surface area (Å²) in [4.78, 5) is 18.3. The second-order valence-corrected chi connectivity index (χ2v) is 7.90. The number of carbonyl (C=O) groups is 1. The quantitative estimate of drug-likeness (QED) is 0.504. The Morgan fingerprint density at radius 2 is 1.86 bits per heavy atom. The first-order chi connectivity index (χ1) is 13.5. The summed E-state index contributed by atoms with van der Waals surface area (Å²) in [7, 11) is 5.30. The molecular weight excluding hydrogens is 352 g/mol. The first kappa shape index (κ1) is 22.2. The molecule has 28 heavy (non-hydrogen) atoms. The smallest absolute Gasteiger partial charge is 0.253 e. The average Bonchev–Trinajstić information content (AvgIpc) is 3.17. The predicted molar refractivity (Wildman–Crippen MR) is 115 cm³/mol. The van der Waals surface area contributed by atoms with Crippen molar-refractivity contribution in [2.75, 3.05) is 40.9 Å². The Hall–Kier alpha value is -2.08. The summed E-state index contributed by atoms with van der Waals surface area (Å²) < 4.78 is 5.33. The Morgan fingerprint density at radius 1 is 1.18 bits per heavy atom. The summed E-state index contributed by atoms with van der Waals surface area (Å²) in [6, 6.07) is 7.68. The van der Waals surface area contributed by atoms with Gasteiger partial charge in [-0.15, -0.1) is 0 Å². The molecule has 1 aliphatic carbocycles. The summed E-state index contributed by atoms with van der Waals surface area (Å²) in [6.07, 6.45) is 6.21. The van der Waals surface area contributed by atoms with Crippen LogP contribution in [-0.4, -0.2) is 57.7 Å². The zero-order chi connectivity index (χ0) is 20.4. The van der Waals surface area contributed by atoms with Gasteiger partial charge in [0, 0.05) is 46.5 Å². The third-order valence-electron chi connectivity index (χ3n) is 5.50. The van der Waals surface area contributed by atoms with E-state index in [2.05, 4.69) is 17.6 Å². The topological polar surface area (TPSA) is 66.0 Å². The minimum Gasteiger partial charge on any atom is -0.385 e. The Kier molecular flexibility index (Phi) is 8.77. The van der Waals surface area contributed by atoms with Crippen LogP contribution in [0, 0.1) is 5.41 Å².